The highest BCUT2D eigenvalue weighted by molar-refractivity contribution is 5.48. The maximum atomic E-state index is 4.60. The highest BCUT2D eigenvalue weighted by Crippen LogP contribution is 2.42. The first-order valence-corrected chi connectivity index (χ1v) is 7.39. The summed E-state index contributed by atoms with van der Waals surface area (Å²) in [7, 11) is 0. The Balaban J connectivity index is 1.59. The Morgan fingerprint density at radius 1 is 1.05 bits per heavy atom. The predicted molar refractivity (Wildman–Crippen MR) is 84.2 cm³/mol. The molecule has 3 nitrogen and oxygen atoms in total. The predicted octanol–water partition coefficient (Wildman–Crippen LogP) is 3.87. The van der Waals surface area contributed by atoms with Gasteiger partial charge in [-0.15, -0.1) is 0 Å². The topological polar surface area (TPSA) is 37.0 Å². The number of benzene rings is 1. The second-order valence-corrected chi connectivity index (χ2v) is 5.34. The second-order valence-electron chi connectivity index (χ2n) is 5.34. The first kappa shape index (κ1) is 13.0. The molecule has 1 aliphatic carbocycles. The molecule has 3 heteroatoms. The van der Waals surface area contributed by atoms with Crippen molar-refractivity contribution in [1.82, 2.24) is 4.98 Å². The molecule has 0 radical (unpaired) electrons. The van der Waals surface area contributed by atoms with Gasteiger partial charge >= 0.3 is 0 Å². The van der Waals surface area contributed by atoms with Gasteiger partial charge < -0.3 is 10.6 Å². The van der Waals surface area contributed by atoms with Crippen LogP contribution in [0.2, 0.25) is 0 Å². The monoisotopic (exact) mass is 267 g/mol. The molecule has 2 unspecified atom stereocenters. The third-order valence-electron chi connectivity index (χ3n) is 3.66. The summed E-state index contributed by atoms with van der Waals surface area (Å²) in [6, 6.07) is 17.3. The lowest BCUT2D eigenvalue weighted by molar-refractivity contribution is 0.966. The normalized spacial score (nSPS) is 20.4. The number of hydrogen-bond donors (Lipinski definition) is 2. The zero-order chi connectivity index (χ0) is 13.8. The third-order valence-corrected chi connectivity index (χ3v) is 3.66. The minimum Gasteiger partial charge on any atom is -0.370 e. The summed E-state index contributed by atoms with van der Waals surface area (Å²) in [6.07, 6.45) is 2.30. The van der Waals surface area contributed by atoms with Gasteiger partial charge in [0, 0.05) is 18.5 Å². The highest BCUT2D eigenvalue weighted by Gasteiger charge is 2.38. The molecule has 1 aromatic carbocycles. The second kappa shape index (κ2) is 5.95. The molecule has 0 saturated heterocycles. The van der Waals surface area contributed by atoms with E-state index >= 15 is 0 Å². The Labute approximate surface area is 120 Å². The van der Waals surface area contributed by atoms with Crippen molar-refractivity contribution < 1.29 is 0 Å². The van der Waals surface area contributed by atoms with E-state index in [0.717, 1.165) is 24.6 Å². The van der Waals surface area contributed by atoms with Gasteiger partial charge in [0.1, 0.15) is 11.6 Å². The molecule has 2 N–H and O–H groups in total. The van der Waals surface area contributed by atoms with Gasteiger partial charge in [-0.2, -0.15) is 0 Å². The number of anilines is 2. The van der Waals surface area contributed by atoms with Crippen LogP contribution in [0.15, 0.2) is 48.5 Å². The molecular weight excluding hydrogens is 246 g/mol. The van der Waals surface area contributed by atoms with Crippen molar-refractivity contribution >= 4 is 11.6 Å². The van der Waals surface area contributed by atoms with E-state index in [-0.39, 0.29) is 0 Å². The van der Waals surface area contributed by atoms with E-state index in [1.807, 2.05) is 18.2 Å². The highest BCUT2D eigenvalue weighted by atomic mass is 15.1. The van der Waals surface area contributed by atoms with E-state index < -0.39 is 0 Å². The van der Waals surface area contributed by atoms with Gasteiger partial charge in [-0.05, 0) is 30.5 Å². The van der Waals surface area contributed by atoms with Crippen LogP contribution < -0.4 is 10.6 Å². The first-order valence-electron chi connectivity index (χ1n) is 7.39. The number of rotatable bonds is 6. The van der Waals surface area contributed by atoms with Crippen LogP contribution in [0.3, 0.4) is 0 Å². The summed E-state index contributed by atoms with van der Waals surface area (Å²) < 4.78 is 0. The molecule has 1 heterocycles. The largest absolute Gasteiger partial charge is 0.370 e. The van der Waals surface area contributed by atoms with Crippen molar-refractivity contribution in [3.8, 4) is 0 Å². The quantitative estimate of drug-likeness (QED) is 0.834. The molecule has 1 saturated carbocycles. The van der Waals surface area contributed by atoms with E-state index in [1.54, 1.807) is 0 Å². The van der Waals surface area contributed by atoms with Crippen LogP contribution in [0.4, 0.5) is 11.6 Å². The Bertz CT molecular complexity index is 553. The molecule has 0 spiro atoms. The smallest absolute Gasteiger partial charge is 0.128 e. The molecule has 0 aliphatic heterocycles. The van der Waals surface area contributed by atoms with Gasteiger partial charge in [0.05, 0.1) is 0 Å². The maximum Gasteiger partial charge on any atom is 0.128 e. The van der Waals surface area contributed by atoms with E-state index in [9.17, 15) is 0 Å². The van der Waals surface area contributed by atoms with Crippen molar-refractivity contribution in [2.24, 2.45) is 0 Å². The van der Waals surface area contributed by atoms with Crippen molar-refractivity contribution in [2.75, 3.05) is 17.2 Å². The summed E-state index contributed by atoms with van der Waals surface area (Å²) in [5, 5.41) is 6.85. The van der Waals surface area contributed by atoms with Crippen molar-refractivity contribution in [2.45, 2.75) is 31.7 Å². The standard InChI is InChI=1S/C17H21N3/c1-2-11-18-16-9-6-10-17(20-16)19-15-12-14(15)13-7-4-3-5-8-13/h3-10,14-15H,2,11-12H2,1H3,(H2,18,19,20). The van der Waals surface area contributed by atoms with Crippen LogP contribution in [0.1, 0.15) is 31.2 Å². The number of nitrogens with zero attached hydrogens (tertiary/aromatic N) is 1. The fourth-order valence-electron chi connectivity index (χ4n) is 2.48. The molecular formula is C17H21N3. The van der Waals surface area contributed by atoms with Crippen LogP contribution in [-0.4, -0.2) is 17.6 Å². The summed E-state index contributed by atoms with van der Waals surface area (Å²) in [6.45, 7) is 3.12. The van der Waals surface area contributed by atoms with Crippen LogP contribution in [0.5, 0.6) is 0 Å². The summed E-state index contributed by atoms with van der Waals surface area (Å²) in [5.41, 5.74) is 1.42. The molecule has 2 atom stereocenters. The van der Waals surface area contributed by atoms with E-state index in [1.165, 1.54) is 12.0 Å². The molecule has 2 aromatic rings. The Morgan fingerprint density at radius 2 is 1.85 bits per heavy atom. The zero-order valence-electron chi connectivity index (χ0n) is 11.8. The molecule has 0 amide bonds. The van der Waals surface area contributed by atoms with Gasteiger partial charge in [-0.1, -0.05) is 43.3 Å². The first-order chi connectivity index (χ1) is 9.86. The van der Waals surface area contributed by atoms with Gasteiger partial charge in [0.15, 0.2) is 0 Å². The van der Waals surface area contributed by atoms with Crippen LogP contribution >= 0.6 is 0 Å². The Morgan fingerprint density at radius 3 is 2.65 bits per heavy atom. The van der Waals surface area contributed by atoms with Gasteiger partial charge in [-0.3, -0.25) is 0 Å². The Kier molecular flexibility index (Phi) is 3.86. The minimum atomic E-state index is 0.520. The molecule has 1 fully saturated rings. The van der Waals surface area contributed by atoms with Crippen molar-refractivity contribution in [3.05, 3.63) is 54.1 Å². The molecule has 0 bridgehead atoms. The fraction of sp³-hybridized carbons (Fsp3) is 0.353. The third kappa shape index (κ3) is 3.10. The average molecular weight is 267 g/mol. The van der Waals surface area contributed by atoms with Gasteiger partial charge in [-0.25, -0.2) is 4.98 Å². The van der Waals surface area contributed by atoms with Crippen LogP contribution in [-0.2, 0) is 0 Å². The molecule has 1 aromatic heterocycles. The summed E-state index contributed by atoms with van der Waals surface area (Å²) in [4.78, 5) is 4.60. The molecule has 20 heavy (non-hydrogen) atoms. The lowest BCUT2D eigenvalue weighted by Gasteiger charge is -2.08. The average Bonchev–Trinajstić information content (AvgIpc) is 3.26. The minimum absolute atomic E-state index is 0.520. The van der Waals surface area contributed by atoms with Gasteiger partial charge in [0.25, 0.3) is 0 Å². The fourth-order valence-corrected chi connectivity index (χ4v) is 2.48. The lowest BCUT2D eigenvalue weighted by atomic mass is 10.1. The number of aromatic nitrogens is 1. The zero-order valence-corrected chi connectivity index (χ0v) is 11.8. The van der Waals surface area contributed by atoms with Crippen LogP contribution in [0, 0.1) is 0 Å². The number of nitrogens with one attached hydrogen (secondary N) is 2. The Hall–Kier alpha value is -2.03. The van der Waals surface area contributed by atoms with E-state index in [4.69, 9.17) is 0 Å². The summed E-state index contributed by atoms with van der Waals surface area (Å²) >= 11 is 0. The molecule has 3 rings (SSSR count). The SMILES string of the molecule is CCCNc1cccc(NC2CC2c2ccccc2)n1. The lowest BCUT2D eigenvalue weighted by Crippen LogP contribution is -2.08. The molecule has 104 valence electrons. The number of pyridine rings is 1. The molecule has 1 aliphatic rings. The summed E-state index contributed by atoms with van der Waals surface area (Å²) in [5.74, 6) is 2.55. The van der Waals surface area contributed by atoms with Crippen LogP contribution in [0.25, 0.3) is 0 Å². The van der Waals surface area contributed by atoms with Crippen molar-refractivity contribution in [3.63, 3.8) is 0 Å². The van der Waals surface area contributed by atoms with Crippen molar-refractivity contribution in [1.29, 1.82) is 0 Å². The maximum absolute atomic E-state index is 4.60. The van der Waals surface area contributed by atoms with E-state index in [0.29, 0.717) is 12.0 Å². The van der Waals surface area contributed by atoms with E-state index in [2.05, 4.69) is 52.9 Å². The number of hydrogen-bond acceptors (Lipinski definition) is 3. The van der Waals surface area contributed by atoms with Gasteiger partial charge in [0.2, 0.25) is 0 Å².